The minimum absolute atomic E-state index is 0.0988. The summed E-state index contributed by atoms with van der Waals surface area (Å²) in [6, 6.07) is 8.24. The third kappa shape index (κ3) is 4.04. The molecule has 2 N–H and O–H groups in total. The van der Waals surface area contributed by atoms with Crippen LogP contribution in [0, 0.1) is 0 Å². The molecule has 23 heavy (non-hydrogen) atoms. The molecule has 0 saturated carbocycles. The molecule has 5 nitrogen and oxygen atoms in total. The van der Waals surface area contributed by atoms with Crippen molar-refractivity contribution in [1.82, 2.24) is 5.43 Å². The van der Waals surface area contributed by atoms with Gasteiger partial charge in [0.05, 0.1) is 29.5 Å². The van der Waals surface area contributed by atoms with E-state index in [1.807, 2.05) is 0 Å². The summed E-state index contributed by atoms with van der Waals surface area (Å²) >= 11 is 12.6. The number of nitrogens with zero attached hydrogens (tertiary/aromatic N) is 1. The normalized spacial score (nSPS) is 10.8. The fourth-order valence-electron chi connectivity index (χ4n) is 1.75. The number of benzene rings is 2. The highest BCUT2D eigenvalue weighted by Gasteiger charge is 2.14. The van der Waals surface area contributed by atoms with Gasteiger partial charge in [0.25, 0.3) is 5.91 Å². The lowest BCUT2D eigenvalue weighted by atomic mass is 10.2. The third-order valence-electron chi connectivity index (χ3n) is 2.89. The lowest BCUT2D eigenvalue weighted by molar-refractivity contribution is 0.0955. The van der Waals surface area contributed by atoms with Gasteiger partial charge in [0, 0.05) is 8.95 Å². The van der Waals surface area contributed by atoms with Crippen LogP contribution >= 0.6 is 43.5 Å². The molecule has 0 aliphatic carbocycles. The first-order chi connectivity index (χ1) is 11.0. The summed E-state index contributed by atoms with van der Waals surface area (Å²) in [5, 5.41) is 14.3. The summed E-state index contributed by atoms with van der Waals surface area (Å²) < 4.78 is 6.31. The van der Waals surface area contributed by atoms with Gasteiger partial charge in [-0.2, -0.15) is 5.10 Å². The van der Waals surface area contributed by atoms with E-state index in [9.17, 15) is 9.90 Å². The Morgan fingerprint density at radius 3 is 2.74 bits per heavy atom. The van der Waals surface area contributed by atoms with Gasteiger partial charge in [0.15, 0.2) is 11.5 Å². The fraction of sp³-hybridized carbons (Fsp3) is 0.0667. The van der Waals surface area contributed by atoms with Crippen LogP contribution in [0.15, 0.2) is 44.4 Å². The number of methoxy groups -OCH3 is 1. The molecular weight excluding hydrogens is 451 g/mol. The molecule has 0 spiro atoms. The second-order valence-electron chi connectivity index (χ2n) is 4.32. The second-order valence-corrected chi connectivity index (χ2v) is 6.37. The molecule has 0 aromatic heterocycles. The average molecular weight is 463 g/mol. The van der Waals surface area contributed by atoms with Crippen LogP contribution in [0.1, 0.15) is 15.9 Å². The molecule has 0 saturated heterocycles. The molecule has 0 radical (unpaired) electrons. The Hall–Kier alpha value is -1.57. The standard InChI is InChI=1S/C15H11Br2ClN2O3/c1-23-12-6-10(16)13(17)9(14(12)21)7-19-20-15(22)8-4-2-3-5-11(8)18/h2-7,21H,1H3,(H,20,22). The average Bonchev–Trinajstić information content (AvgIpc) is 2.54. The molecule has 0 atom stereocenters. The first-order valence-corrected chi connectivity index (χ1v) is 8.25. The van der Waals surface area contributed by atoms with Crippen LogP contribution in [0.25, 0.3) is 0 Å². The highest BCUT2D eigenvalue weighted by Crippen LogP contribution is 2.39. The summed E-state index contributed by atoms with van der Waals surface area (Å²) in [5.74, 6) is -0.276. The zero-order valence-corrected chi connectivity index (χ0v) is 15.7. The van der Waals surface area contributed by atoms with Gasteiger partial charge in [-0.3, -0.25) is 4.79 Å². The van der Waals surface area contributed by atoms with Crippen molar-refractivity contribution < 1.29 is 14.6 Å². The maximum atomic E-state index is 12.0. The molecule has 2 rings (SSSR count). The van der Waals surface area contributed by atoms with Crippen LogP contribution in [0.2, 0.25) is 5.02 Å². The van der Waals surface area contributed by atoms with Crippen LogP contribution in [0.3, 0.4) is 0 Å². The summed E-state index contributed by atoms with van der Waals surface area (Å²) in [4.78, 5) is 12.0. The maximum absolute atomic E-state index is 12.0. The molecule has 2 aromatic rings. The van der Waals surface area contributed by atoms with Crippen LogP contribution in [0.4, 0.5) is 0 Å². The van der Waals surface area contributed by atoms with Gasteiger partial charge >= 0.3 is 0 Å². The van der Waals surface area contributed by atoms with Crippen molar-refractivity contribution in [2.45, 2.75) is 0 Å². The fourth-order valence-corrected chi connectivity index (χ4v) is 2.79. The van der Waals surface area contributed by atoms with E-state index in [0.29, 0.717) is 25.1 Å². The van der Waals surface area contributed by atoms with Crippen molar-refractivity contribution in [3.05, 3.63) is 55.4 Å². The molecular formula is C15H11Br2ClN2O3. The number of hydrogen-bond acceptors (Lipinski definition) is 4. The van der Waals surface area contributed by atoms with Crippen molar-refractivity contribution in [2.75, 3.05) is 7.11 Å². The van der Waals surface area contributed by atoms with Crippen LogP contribution in [0.5, 0.6) is 11.5 Å². The molecule has 0 unspecified atom stereocenters. The molecule has 120 valence electrons. The number of phenols is 1. The van der Waals surface area contributed by atoms with Crippen LogP contribution < -0.4 is 10.2 Å². The zero-order valence-electron chi connectivity index (χ0n) is 11.8. The SMILES string of the molecule is COc1cc(Br)c(Br)c(C=NNC(=O)c2ccccc2Cl)c1O. The van der Waals surface area contributed by atoms with Gasteiger partial charge in [-0.15, -0.1) is 0 Å². The quantitative estimate of drug-likeness (QED) is 0.525. The van der Waals surface area contributed by atoms with Crippen LogP contribution in [-0.4, -0.2) is 24.3 Å². The Morgan fingerprint density at radius 2 is 2.09 bits per heavy atom. The van der Waals surface area contributed by atoms with E-state index < -0.39 is 5.91 Å². The minimum Gasteiger partial charge on any atom is -0.504 e. The summed E-state index contributed by atoms with van der Waals surface area (Å²) in [6.45, 7) is 0. The first-order valence-electron chi connectivity index (χ1n) is 6.28. The van der Waals surface area contributed by atoms with Crippen LogP contribution in [-0.2, 0) is 0 Å². The van der Waals surface area contributed by atoms with Gasteiger partial charge < -0.3 is 9.84 Å². The summed E-state index contributed by atoms with van der Waals surface area (Å²) in [6.07, 6.45) is 1.31. The number of aromatic hydroxyl groups is 1. The topological polar surface area (TPSA) is 70.9 Å². The smallest absolute Gasteiger partial charge is 0.272 e. The van der Waals surface area contributed by atoms with Crippen molar-refractivity contribution in [1.29, 1.82) is 0 Å². The van der Waals surface area contributed by atoms with E-state index >= 15 is 0 Å². The Balaban J connectivity index is 2.23. The molecule has 0 heterocycles. The zero-order chi connectivity index (χ0) is 17.0. The third-order valence-corrected chi connectivity index (χ3v) is 5.23. The lowest BCUT2D eigenvalue weighted by Gasteiger charge is -2.09. The Kier molecular flexibility index (Phi) is 6.04. The van der Waals surface area contributed by atoms with E-state index in [0.717, 1.165) is 0 Å². The molecule has 0 bridgehead atoms. The number of carbonyl (C=O) groups excluding carboxylic acids is 1. The second kappa shape index (κ2) is 7.81. The Labute approximate surface area is 154 Å². The number of rotatable bonds is 4. The molecule has 1 amide bonds. The molecule has 0 aliphatic heterocycles. The van der Waals surface area contributed by atoms with Gasteiger partial charge in [-0.1, -0.05) is 23.7 Å². The van der Waals surface area contributed by atoms with Crippen molar-refractivity contribution in [3.8, 4) is 11.5 Å². The maximum Gasteiger partial charge on any atom is 0.272 e. The number of halogens is 3. The van der Waals surface area contributed by atoms with E-state index in [1.54, 1.807) is 30.3 Å². The van der Waals surface area contributed by atoms with E-state index in [-0.39, 0.29) is 11.5 Å². The summed E-state index contributed by atoms with van der Waals surface area (Å²) in [5.41, 5.74) is 3.02. The lowest BCUT2D eigenvalue weighted by Crippen LogP contribution is -2.18. The largest absolute Gasteiger partial charge is 0.504 e. The Bertz CT molecular complexity index is 782. The summed E-state index contributed by atoms with van der Waals surface area (Å²) in [7, 11) is 1.44. The predicted molar refractivity (Wildman–Crippen MR) is 96.6 cm³/mol. The first kappa shape index (κ1) is 17.8. The number of hydrazone groups is 1. The predicted octanol–water partition coefficient (Wildman–Crippen LogP) is 4.34. The number of carbonyl (C=O) groups is 1. The molecule has 8 heteroatoms. The van der Waals surface area contributed by atoms with E-state index in [2.05, 4.69) is 42.4 Å². The van der Waals surface area contributed by atoms with Crippen molar-refractivity contribution >= 4 is 55.6 Å². The van der Waals surface area contributed by atoms with E-state index in [4.69, 9.17) is 16.3 Å². The molecule has 2 aromatic carbocycles. The monoisotopic (exact) mass is 460 g/mol. The number of amides is 1. The van der Waals surface area contributed by atoms with Gasteiger partial charge in [-0.05, 0) is 50.1 Å². The van der Waals surface area contributed by atoms with Gasteiger partial charge in [0.2, 0.25) is 0 Å². The van der Waals surface area contributed by atoms with Crippen molar-refractivity contribution in [3.63, 3.8) is 0 Å². The number of nitrogens with one attached hydrogen (secondary N) is 1. The molecule has 0 fully saturated rings. The minimum atomic E-state index is -0.454. The van der Waals surface area contributed by atoms with E-state index in [1.165, 1.54) is 13.3 Å². The molecule has 0 aliphatic rings. The Morgan fingerprint density at radius 1 is 1.39 bits per heavy atom. The number of phenolic OH excluding ortho intramolecular Hbond substituents is 1. The van der Waals surface area contributed by atoms with Gasteiger partial charge in [-0.25, -0.2) is 5.43 Å². The highest BCUT2D eigenvalue weighted by atomic mass is 79.9. The highest BCUT2D eigenvalue weighted by molar-refractivity contribution is 9.13. The van der Waals surface area contributed by atoms with Gasteiger partial charge in [0.1, 0.15) is 0 Å². The van der Waals surface area contributed by atoms with Crippen molar-refractivity contribution in [2.24, 2.45) is 5.10 Å². The number of ether oxygens (including phenoxy) is 1. The number of hydrogen-bond donors (Lipinski definition) is 2.